The first-order valence-corrected chi connectivity index (χ1v) is 4.96. The van der Waals surface area contributed by atoms with E-state index in [4.69, 9.17) is 5.11 Å². The number of benzene rings is 1. The third kappa shape index (κ3) is 1.55. The lowest BCUT2D eigenvalue weighted by molar-refractivity contribution is 0.0697. The summed E-state index contributed by atoms with van der Waals surface area (Å²) < 4.78 is 0. The Labute approximate surface area is 95.3 Å². The van der Waals surface area contributed by atoms with Crippen LogP contribution in [0.25, 0.3) is 22.4 Å². The predicted molar refractivity (Wildman–Crippen MR) is 60.6 cm³/mol. The molecular weight excluding hydrogens is 220 g/mol. The molecule has 3 rings (SSSR count). The molecule has 0 saturated carbocycles. The van der Waals surface area contributed by atoms with Crippen molar-refractivity contribution in [1.82, 2.24) is 20.2 Å². The van der Waals surface area contributed by atoms with Crippen LogP contribution in [-0.4, -0.2) is 31.2 Å². The summed E-state index contributed by atoms with van der Waals surface area (Å²) in [5.41, 5.74) is 2.49. The van der Waals surface area contributed by atoms with Gasteiger partial charge < -0.3 is 10.1 Å². The number of H-pyrrole nitrogens is 2. The van der Waals surface area contributed by atoms with Gasteiger partial charge in [0.05, 0.1) is 28.4 Å². The van der Waals surface area contributed by atoms with Gasteiger partial charge in [-0.15, -0.1) is 0 Å². The van der Waals surface area contributed by atoms with Gasteiger partial charge in [-0.05, 0) is 18.2 Å². The Morgan fingerprint density at radius 2 is 2.24 bits per heavy atom. The smallest absolute Gasteiger partial charge is 0.335 e. The minimum atomic E-state index is -0.952. The molecule has 0 aliphatic heterocycles. The number of rotatable bonds is 2. The molecule has 0 aliphatic rings. The number of nitrogens with one attached hydrogen (secondary N) is 2. The summed E-state index contributed by atoms with van der Waals surface area (Å²) in [6, 6.07) is 4.78. The van der Waals surface area contributed by atoms with E-state index < -0.39 is 5.97 Å². The van der Waals surface area contributed by atoms with Gasteiger partial charge in [0.15, 0.2) is 0 Å². The Balaban J connectivity index is 2.16. The molecule has 84 valence electrons. The number of aromatic carboxylic acids is 1. The highest BCUT2D eigenvalue weighted by molar-refractivity contribution is 5.92. The molecule has 2 heterocycles. The van der Waals surface area contributed by atoms with Crippen molar-refractivity contribution in [3.05, 3.63) is 36.2 Å². The third-order valence-corrected chi connectivity index (χ3v) is 2.50. The molecule has 0 radical (unpaired) electrons. The summed E-state index contributed by atoms with van der Waals surface area (Å²) >= 11 is 0. The SMILES string of the molecule is O=C(O)c1ccc2nc(-c3cn[nH]c3)[nH]c2c1. The summed E-state index contributed by atoms with van der Waals surface area (Å²) in [5.74, 6) is -0.289. The lowest BCUT2D eigenvalue weighted by Gasteiger charge is -1.92. The highest BCUT2D eigenvalue weighted by Crippen LogP contribution is 2.20. The first kappa shape index (κ1) is 9.59. The van der Waals surface area contributed by atoms with E-state index >= 15 is 0 Å². The largest absolute Gasteiger partial charge is 0.478 e. The molecule has 0 aliphatic carbocycles. The molecule has 6 nitrogen and oxygen atoms in total. The van der Waals surface area contributed by atoms with Crippen molar-refractivity contribution in [2.75, 3.05) is 0 Å². The molecule has 0 spiro atoms. The van der Waals surface area contributed by atoms with Gasteiger partial charge in [-0.25, -0.2) is 9.78 Å². The maximum atomic E-state index is 10.8. The molecule has 0 saturated heterocycles. The molecule has 0 amide bonds. The van der Waals surface area contributed by atoms with E-state index in [1.54, 1.807) is 24.5 Å². The number of carboxylic acid groups (broad SMARTS) is 1. The van der Waals surface area contributed by atoms with E-state index in [2.05, 4.69) is 20.2 Å². The van der Waals surface area contributed by atoms with Crippen LogP contribution in [0, 0.1) is 0 Å². The van der Waals surface area contributed by atoms with Crippen LogP contribution in [-0.2, 0) is 0 Å². The number of fused-ring (bicyclic) bond motifs is 1. The average molecular weight is 228 g/mol. The molecule has 3 N–H and O–H groups in total. The zero-order valence-electron chi connectivity index (χ0n) is 8.64. The van der Waals surface area contributed by atoms with Crippen molar-refractivity contribution in [1.29, 1.82) is 0 Å². The van der Waals surface area contributed by atoms with Gasteiger partial charge in [0.2, 0.25) is 0 Å². The van der Waals surface area contributed by atoms with Crippen molar-refractivity contribution in [2.45, 2.75) is 0 Å². The highest BCUT2D eigenvalue weighted by Gasteiger charge is 2.09. The monoisotopic (exact) mass is 228 g/mol. The lowest BCUT2D eigenvalue weighted by atomic mass is 10.2. The van der Waals surface area contributed by atoms with E-state index in [1.807, 2.05) is 0 Å². The number of hydrogen-bond acceptors (Lipinski definition) is 3. The number of imidazole rings is 1. The normalized spacial score (nSPS) is 10.8. The topological polar surface area (TPSA) is 94.7 Å². The van der Waals surface area contributed by atoms with Gasteiger partial charge in [0.25, 0.3) is 0 Å². The molecule has 0 fully saturated rings. The Morgan fingerprint density at radius 3 is 2.94 bits per heavy atom. The quantitative estimate of drug-likeness (QED) is 0.621. The van der Waals surface area contributed by atoms with Crippen molar-refractivity contribution in [3.63, 3.8) is 0 Å². The van der Waals surface area contributed by atoms with E-state index in [-0.39, 0.29) is 5.56 Å². The minimum Gasteiger partial charge on any atom is -0.478 e. The molecule has 1 aromatic carbocycles. The molecule has 6 heteroatoms. The van der Waals surface area contributed by atoms with Gasteiger partial charge >= 0.3 is 5.97 Å². The number of nitrogens with zero attached hydrogens (tertiary/aromatic N) is 2. The second kappa shape index (κ2) is 3.44. The highest BCUT2D eigenvalue weighted by atomic mass is 16.4. The fraction of sp³-hybridized carbons (Fsp3) is 0. The molecule has 0 atom stereocenters. The summed E-state index contributed by atoms with van der Waals surface area (Å²) in [5, 5.41) is 15.4. The maximum Gasteiger partial charge on any atom is 0.335 e. The number of aromatic nitrogens is 4. The van der Waals surface area contributed by atoms with Gasteiger partial charge in [0.1, 0.15) is 5.82 Å². The van der Waals surface area contributed by atoms with E-state index in [1.165, 1.54) is 6.07 Å². The second-order valence-corrected chi connectivity index (χ2v) is 3.61. The summed E-state index contributed by atoms with van der Waals surface area (Å²) in [7, 11) is 0. The Bertz CT molecular complexity index is 685. The number of hydrogen-bond donors (Lipinski definition) is 3. The minimum absolute atomic E-state index is 0.236. The number of carbonyl (C=O) groups is 1. The predicted octanol–water partition coefficient (Wildman–Crippen LogP) is 1.65. The maximum absolute atomic E-state index is 10.8. The molecule has 17 heavy (non-hydrogen) atoms. The van der Waals surface area contributed by atoms with Crippen LogP contribution < -0.4 is 0 Å². The van der Waals surface area contributed by atoms with Gasteiger partial charge in [0, 0.05) is 6.20 Å². The van der Waals surface area contributed by atoms with E-state index in [0.717, 1.165) is 11.1 Å². The van der Waals surface area contributed by atoms with Crippen LogP contribution >= 0.6 is 0 Å². The first-order valence-electron chi connectivity index (χ1n) is 4.96. The first-order chi connectivity index (χ1) is 8.24. The molecular formula is C11H8N4O2. The average Bonchev–Trinajstić information content (AvgIpc) is 2.96. The van der Waals surface area contributed by atoms with E-state index in [9.17, 15) is 4.79 Å². The zero-order chi connectivity index (χ0) is 11.8. The number of carboxylic acids is 1. The lowest BCUT2D eigenvalue weighted by Crippen LogP contribution is -1.94. The van der Waals surface area contributed by atoms with Gasteiger partial charge in [-0.3, -0.25) is 5.10 Å². The fourth-order valence-corrected chi connectivity index (χ4v) is 1.66. The van der Waals surface area contributed by atoms with Crippen LogP contribution in [0.5, 0.6) is 0 Å². The van der Waals surface area contributed by atoms with E-state index in [0.29, 0.717) is 11.3 Å². The molecule has 0 bridgehead atoms. The fourth-order valence-electron chi connectivity index (χ4n) is 1.66. The van der Waals surface area contributed by atoms with Crippen LogP contribution in [0.3, 0.4) is 0 Å². The third-order valence-electron chi connectivity index (χ3n) is 2.50. The Kier molecular flexibility index (Phi) is 1.94. The van der Waals surface area contributed by atoms with Crippen LogP contribution in [0.1, 0.15) is 10.4 Å². The molecule has 3 aromatic rings. The summed E-state index contributed by atoms with van der Waals surface area (Å²) in [6.45, 7) is 0. The summed E-state index contributed by atoms with van der Waals surface area (Å²) in [4.78, 5) is 18.2. The van der Waals surface area contributed by atoms with Crippen molar-refractivity contribution in [3.8, 4) is 11.4 Å². The Morgan fingerprint density at radius 1 is 1.35 bits per heavy atom. The van der Waals surface area contributed by atoms with Gasteiger partial charge in [-0.2, -0.15) is 5.10 Å². The summed E-state index contributed by atoms with van der Waals surface area (Å²) in [6.07, 6.45) is 3.37. The zero-order valence-corrected chi connectivity index (χ0v) is 8.64. The second-order valence-electron chi connectivity index (χ2n) is 3.61. The number of aromatic amines is 2. The van der Waals surface area contributed by atoms with Crippen LogP contribution in [0.15, 0.2) is 30.6 Å². The Hall–Kier alpha value is -2.63. The van der Waals surface area contributed by atoms with Crippen molar-refractivity contribution in [2.24, 2.45) is 0 Å². The standard InChI is InChI=1S/C11H8N4O2/c16-11(17)6-1-2-8-9(3-6)15-10(14-8)7-4-12-13-5-7/h1-5H,(H,12,13)(H,14,15)(H,16,17). The molecule has 2 aromatic heterocycles. The van der Waals surface area contributed by atoms with Crippen LogP contribution in [0.4, 0.5) is 0 Å². The molecule has 0 unspecified atom stereocenters. The van der Waals surface area contributed by atoms with Crippen molar-refractivity contribution >= 4 is 17.0 Å². The van der Waals surface area contributed by atoms with Crippen molar-refractivity contribution < 1.29 is 9.90 Å². The van der Waals surface area contributed by atoms with Crippen LogP contribution in [0.2, 0.25) is 0 Å². The van der Waals surface area contributed by atoms with Gasteiger partial charge in [-0.1, -0.05) is 0 Å².